The van der Waals surface area contributed by atoms with Gasteiger partial charge in [0.2, 0.25) is 0 Å². The SMILES string of the molecule is CC(C)C[C@](N=O)(C(=O)[O-])c1ccccc1.CC(C)C[C@](N=O)(C(=O)[O-])c1ccccc1.[Ca+2]. The van der Waals surface area contributed by atoms with Gasteiger partial charge in [-0.2, -0.15) is 0 Å². The average molecular weight is 481 g/mol. The Kier molecular flexibility index (Phi) is 13.2. The summed E-state index contributed by atoms with van der Waals surface area (Å²) in [6.45, 7) is 7.36. The Hall–Kier alpha value is -2.16. The minimum Gasteiger partial charge on any atom is -0.547 e. The van der Waals surface area contributed by atoms with Crippen LogP contribution in [0.25, 0.3) is 0 Å². The van der Waals surface area contributed by atoms with Crippen LogP contribution in [-0.4, -0.2) is 49.7 Å². The zero-order chi connectivity index (χ0) is 24.4. The molecular formula is C24H28CaN2O6. The second kappa shape index (κ2) is 14.2. The molecule has 0 amide bonds. The van der Waals surface area contributed by atoms with Crippen LogP contribution in [-0.2, 0) is 20.7 Å². The van der Waals surface area contributed by atoms with E-state index in [0.717, 1.165) is 0 Å². The van der Waals surface area contributed by atoms with E-state index in [1.165, 1.54) is 0 Å². The summed E-state index contributed by atoms with van der Waals surface area (Å²) in [6, 6.07) is 16.6. The summed E-state index contributed by atoms with van der Waals surface area (Å²) in [5.74, 6) is -2.81. The molecule has 33 heavy (non-hydrogen) atoms. The summed E-state index contributed by atoms with van der Waals surface area (Å²) < 4.78 is 0. The summed E-state index contributed by atoms with van der Waals surface area (Å²) in [7, 11) is 0. The van der Waals surface area contributed by atoms with Gasteiger partial charge >= 0.3 is 37.7 Å². The molecule has 0 aliphatic rings. The molecule has 0 fully saturated rings. The van der Waals surface area contributed by atoms with Gasteiger partial charge in [0.25, 0.3) is 0 Å². The van der Waals surface area contributed by atoms with Gasteiger partial charge in [-0.3, -0.25) is 0 Å². The second-order valence-electron chi connectivity index (χ2n) is 8.41. The molecule has 2 aromatic carbocycles. The van der Waals surface area contributed by atoms with Crippen LogP contribution in [0.3, 0.4) is 0 Å². The van der Waals surface area contributed by atoms with E-state index in [-0.39, 0.29) is 62.4 Å². The zero-order valence-corrected chi connectivity index (χ0v) is 21.6. The predicted molar refractivity (Wildman–Crippen MR) is 123 cm³/mol. The van der Waals surface area contributed by atoms with Gasteiger partial charge in [-0.15, -0.1) is 9.81 Å². The Morgan fingerprint density at radius 1 is 0.697 bits per heavy atom. The van der Waals surface area contributed by atoms with Crippen LogP contribution >= 0.6 is 0 Å². The van der Waals surface area contributed by atoms with Crippen molar-refractivity contribution in [2.45, 2.75) is 51.6 Å². The normalized spacial score (nSPS) is 14.0. The minimum atomic E-state index is -1.77. The zero-order valence-electron chi connectivity index (χ0n) is 19.4. The molecule has 0 aromatic heterocycles. The topological polar surface area (TPSA) is 139 Å². The summed E-state index contributed by atoms with van der Waals surface area (Å²) in [5.41, 5.74) is -2.79. The number of hydrogen-bond donors (Lipinski definition) is 0. The molecule has 8 nitrogen and oxygen atoms in total. The maximum atomic E-state index is 11.2. The molecular weight excluding hydrogens is 452 g/mol. The first-order valence-electron chi connectivity index (χ1n) is 10.3. The second-order valence-corrected chi connectivity index (χ2v) is 8.41. The number of nitroso groups, excluding NO2 is 2. The van der Waals surface area contributed by atoms with Gasteiger partial charge in [-0.25, -0.2) is 0 Å². The molecule has 172 valence electrons. The Balaban J connectivity index is 0.000000602. The molecule has 0 N–H and O–H groups in total. The molecule has 0 unspecified atom stereocenters. The molecule has 0 heterocycles. The van der Waals surface area contributed by atoms with Crippen molar-refractivity contribution < 1.29 is 19.8 Å². The summed E-state index contributed by atoms with van der Waals surface area (Å²) in [5, 5.41) is 28.0. The summed E-state index contributed by atoms with van der Waals surface area (Å²) in [4.78, 5) is 44.2. The van der Waals surface area contributed by atoms with E-state index in [9.17, 15) is 29.6 Å². The van der Waals surface area contributed by atoms with E-state index < -0.39 is 23.0 Å². The van der Waals surface area contributed by atoms with Crippen LogP contribution in [0, 0.1) is 21.6 Å². The van der Waals surface area contributed by atoms with Crippen molar-refractivity contribution in [3.63, 3.8) is 0 Å². The number of carbonyl (C=O) groups is 2. The van der Waals surface area contributed by atoms with E-state index in [1.807, 2.05) is 27.7 Å². The van der Waals surface area contributed by atoms with Crippen molar-refractivity contribution in [1.82, 2.24) is 0 Å². The van der Waals surface area contributed by atoms with Gasteiger partial charge < -0.3 is 19.8 Å². The first kappa shape index (κ1) is 30.8. The van der Waals surface area contributed by atoms with Crippen LogP contribution in [0.15, 0.2) is 71.0 Å². The van der Waals surface area contributed by atoms with Crippen LogP contribution in [0.5, 0.6) is 0 Å². The monoisotopic (exact) mass is 480 g/mol. The predicted octanol–water partition coefficient (Wildman–Crippen LogP) is 2.51. The van der Waals surface area contributed by atoms with E-state index in [4.69, 9.17) is 0 Å². The number of benzene rings is 2. The fourth-order valence-electron chi connectivity index (χ4n) is 3.50. The van der Waals surface area contributed by atoms with Gasteiger partial charge in [0, 0.05) is 0 Å². The van der Waals surface area contributed by atoms with Crippen molar-refractivity contribution in [3.8, 4) is 0 Å². The van der Waals surface area contributed by atoms with E-state index in [0.29, 0.717) is 11.1 Å². The van der Waals surface area contributed by atoms with Gasteiger partial charge in [0.05, 0.1) is 11.9 Å². The Morgan fingerprint density at radius 3 is 1.15 bits per heavy atom. The number of rotatable bonds is 10. The molecule has 0 aliphatic carbocycles. The van der Waals surface area contributed by atoms with Crippen molar-refractivity contribution in [2.75, 3.05) is 0 Å². The Morgan fingerprint density at radius 2 is 0.970 bits per heavy atom. The summed E-state index contributed by atoms with van der Waals surface area (Å²) in [6.07, 6.45) is 0.283. The first-order chi connectivity index (χ1) is 15.1. The molecule has 0 radical (unpaired) electrons. The average Bonchev–Trinajstić information content (AvgIpc) is 2.76. The Bertz CT molecular complexity index is 832. The molecule has 2 aromatic rings. The van der Waals surface area contributed by atoms with Crippen molar-refractivity contribution in [2.24, 2.45) is 22.2 Å². The van der Waals surface area contributed by atoms with Gasteiger partial charge in [0.15, 0.2) is 11.1 Å². The standard InChI is InChI=1S/2C12H15NO3.Ca/c2*1-9(2)8-12(13-16,11(14)15)10-6-4-3-5-7-10;/h2*3-7,9H,8H2,1-2H3,(H,14,15);/q;;+2/p-2/t2*12-;/m11./s1. The fraction of sp³-hybridized carbons (Fsp3) is 0.417. The molecule has 9 heteroatoms. The maximum absolute atomic E-state index is 11.2. The third-order valence-electron chi connectivity index (χ3n) is 4.90. The number of nitrogens with zero attached hydrogens (tertiary/aromatic N) is 2. The van der Waals surface area contributed by atoms with E-state index >= 15 is 0 Å². The first-order valence-corrected chi connectivity index (χ1v) is 10.3. The largest absolute Gasteiger partial charge is 2.00 e. The van der Waals surface area contributed by atoms with E-state index in [2.05, 4.69) is 10.4 Å². The van der Waals surface area contributed by atoms with Crippen molar-refractivity contribution >= 4 is 49.7 Å². The Labute approximate surface area is 223 Å². The third kappa shape index (κ3) is 7.98. The molecule has 0 aliphatic heterocycles. The van der Waals surface area contributed by atoms with Crippen LogP contribution in [0.2, 0.25) is 0 Å². The van der Waals surface area contributed by atoms with Gasteiger partial charge in [-0.05, 0) is 35.8 Å². The minimum absolute atomic E-state index is 0. The number of aliphatic carboxylic acids is 2. The fourth-order valence-corrected chi connectivity index (χ4v) is 3.50. The number of carboxylic acid groups (broad SMARTS) is 2. The van der Waals surface area contributed by atoms with Crippen LogP contribution in [0.4, 0.5) is 0 Å². The van der Waals surface area contributed by atoms with Crippen LogP contribution < -0.4 is 10.2 Å². The number of hydrogen-bond acceptors (Lipinski definition) is 8. The van der Waals surface area contributed by atoms with Crippen LogP contribution in [0.1, 0.15) is 51.7 Å². The maximum Gasteiger partial charge on any atom is 2.00 e. The molecule has 0 saturated carbocycles. The van der Waals surface area contributed by atoms with Crippen molar-refractivity contribution in [1.29, 1.82) is 0 Å². The molecule has 0 spiro atoms. The number of carboxylic acids is 2. The number of carbonyl (C=O) groups excluding carboxylic acids is 2. The molecule has 2 rings (SSSR count). The van der Waals surface area contributed by atoms with E-state index in [1.54, 1.807) is 60.7 Å². The summed E-state index contributed by atoms with van der Waals surface area (Å²) >= 11 is 0. The van der Waals surface area contributed by atoms with Gasteiger partial charge in [-0.1, -0.05) is 98.7 Å². The molecule has 0 saturated heterocycles. The van der Waals surface area contributed by atoms with Crippen molar-refractivity contribution in [3.05, 3.63) is 81.6 Å². The third-order valence-corrected chi connectivity index (χ3v) is 4.90. The van der Waals surface area contributed by atoms with Gasteiger partial charge in [0.1, 0.15) is 0 Å². The quantitative estimate of drug-likeness (QED) is 0.378. The molecule has 0 bridgehead atoms. The smallest absolute Gasteiger partial charge is 0.547 e. The molecule has 2 atom stereocenters.